The van der Waals surface area contributed by atoms with Crippen LogP contribution in [0.4, 0.5) is 0 Å². The van der Waals surface area contributed by atoms with Gasteiger partial charge in [0.25, 0.3) is 0 Å². The van der Waals surface area contributed by atoms with E-state index in [0.29, 0.717) is 0 Å². The molecule has 2 aromatic rings. The minimum atomic E-state index is -0.217. The molecule has 1 unspecified atom stereocenters. The molecule has 17 heavy (non-hydrogen) atoms. The van der Waals surface area contributed by atoms with E-state index in [1.165, 1.54) is 16.3 Å². The Bertz CT molecular complexity index is 533. The van der Waals surface area contributed by atoms with Crippen LogP contribution in [0.5, 0.6) is 0 Å². The Morgan fingerprint density at radius 1 is 1.18 bits per heavy atom. The lowest BCUT2D eigenvalue weighted by molar-refractivity contribution is -0.121. The van der Waals surface area contributed by atoms with Gasteiger partial charge in [-0.3, -0.25) is 4.79 Å². The first-order valence-electron chi connectivity index (χ1n) is 5.94. The molecule has 0 fully saturated rings. The molecule has 2 aromatic carbocycles. The summed E-state index contributed by atoms with van der Waals surface area (Å²) in [5.74, 6) is -0.271. The van der Waals surface area contributed by atoms with Crippen LogP contribution in [0.3, 0.4) is 0 Å². The third kappa shape index (κ3) is 2.84. The highest BCUT2D eigenvalue weighted by atomic mass is 16.1. The first-order chi connectivity index (χ1) is 8.16. The number of hydrogen-bond donors (Lipinski definition) is 1. The summed E-state index contributed by atoms with van der Waals surface area (Å²) in [6, 6.07) is 14.7. The van der Waals surface area contributed by atoms with Gasteiger partial charge >= 0.3 is 0 Å². The Hall–Kier alpha value is -1.83. The van der Waals surface area contributed by atoms with Gasteiger partial charge in [-0.15, -0.1) is 0 Å². The number of rotatable bonds is 4. The quantitative estimate of drug-likeness (QED) is 0.857. The number of nitrogens with two attached hydrogens (primary N) is 1. The van der Waals surface area contributed by atoms with Gasteiger partial charge in [0.05, 0.1) is 0 Å². The molecule has 0 aliphatic rings. The molecule has 0 saturated heterocycles. The Morgan fingerprint density at radius 3 is 2.59 bits per heavy atom. The second-order valence-corrected chi connectivity index (χ2v) is 4.52. The molecule has 88 valence electrons. The summed E-state index contributed by atoms with van der Waals surface area (Å²) >= 11 is 0. The third-order valence-electron chi connectivity index (χ3n) is 3.17. The van der Waals surface area contributed by atoms with Crippen molar-refractivity contribution in [2.24, 2.45) is 11.7 Å². The van der Waals surface area contributed by atoms with E-state index in [9.17, 15) is 4.79 Å². The molecule has 2 rings (SSSR count). The summed E-state index contributed by atoms with van der Waals surface area (Å²) in [7, 11) is 0. The molecule has 2 N–H and O–H groups in total. The topological polar surface area (TPSA) is 43.1 Å². The van der Waals surface area contributed by atoms with E-state index in [1.54, 1.807) is 0 Å². The maximum Gasteiger partial charge on any atom is 0.220 e. The van der Waals surface area contributed by atoms with Crippen LogP contribution in [0.15, 0.2) is 42.5 Å². The monoisotopic (exact) mass is 227 g/mol. The van der Waals surface area contributed by atoms with Crippen LogP contribution in [-0.2, 0) is 11.2 Å². The summed E-state index contributed by atoms with van der Waals surface area (Å²) in [5.41, 5.74) is 6.51. The van der Waals surface area contributed by atoms with Gasteiger partial charge in [0, 0.05) is 5.92 Å². The predicted octanol–water partition coefficient (Wildman–Crippen LogP) is 2.89. The van der Waals surface area contributed by atoms with Gasteiger partial charge in [-0.2, -0.15) is 0 Å². The first kappa shape index (κ1) is 11.6. The summed E-state index contributed by atoms with van der Waals surface area (Å²) in [6.07, 6.45) is 1.71. The Labute approximate surface area is 101 Å². The molecule has 1 atom stereocenters. The maximum atomic E-state index is 11.0. The lowest BCUT2D eigenvalue weighted by atomic mass is 9.98. The molecule has 2 heteroatoms. The number of hydrogen-bond acceptors (Lipinski definition) is 1. The molecule has 0 aliphatic heterocycles. The molecule has 0 heterocycles. The molecule has 2 nitrogen and oxygen atoms in total. The van der Waals surface area contributed by atoms with E-state index in [2.05, 4.69) is 30.3 Å². The number of primary amides is 1. The fourth-order valence-corrected chi connectivity index (χ4v) is 1.92. The fourth-order valence-electron chi connectivity index (χ4n) is 1.92. The molecule has 0 aromatic heterocycles. The summed E-state index contributed by atoms with van der Waals surface area (Å²) in [5, 5.41) is 2.50. The molecule has 0 aliphatic carbocycles. The molecular weight excluding hydrogens is 210 g/mol. The largest absolute Gasteiger partial charge is 0.369 e. The van der Waals surface area contributed by atoms with Crippen LogP contribution in [0.25, 0.3) is 10.8 Å². The zero-order valence-electron chi connectivity index (χ0n) is 10.0. The molecule has 0 saturated carbocycles. The van der Waals surface area contributed by atoms with Crippen LogP contribution in [0.1, 0.15) is 18.9 Å². The van der Waals surface area contributed by atoms with E-state index in [1.807, 2.05) is 19.1 Å². The summed E-state index contributed by atoms with van der Waals surface area (Å²) < 4.78 is 0. The summed E-state index contributed by atoms with van der Waals surface area (Å²) in [4.78, 5) is 11.0. The van der Waals surface area contributed by atoms with E-state index >= 15 is 0 Å². The zero-order chi connectivity index (χ0) is 12.3. The van der Waals surface area contributed by atoms with Crippen molar-refractivity contribution in [3.8, 4) is 0 Å². The van der Waals surface area contributed by atoms with Crippen molar-refractivity contribution in [3.63, 3.8) is 0 Å². The number of fused-ring (bicyclic) bond motifs is 1. The van der Waals surface area contributed by atoms with Crippen molar-refractivity contribution < 1.29 is 4.79 Å². The average molecular weight is 227 g/mol. The normalized spacial score (nSPS) is 12.5. The second-order valence-electron chi connectivity index (χ2n) is 4.52. The van der Waals surface area contributed by atoms with Crippen molar-refractivity contribution >= 4 is 16.7 Å². The molecular formula is C15H17NO. The first-order valence-corrected chi connectivity index (χ1v) is 5.94. The number of carbonyl (C=O) groups is 1. The highest BCUT2D eigenvalue weighted by Gasteiger charge is 2.08. The average Bonchev–Trinajstić information content (AvgIpc) is 2.35. The lowest BCUT2D eigenvalue weighted by Crippen LogP contribution is -2.20. The maximum absolute atomic E-state index is 11.0. The van der Waals surface area contributed by atoms with Crippen molar-refractivity contribution in [2.75, 3.05) is 0 Å². The highest BCUT2D eigenvalue weighted by Crippen LogP contribution is 2.17. The van der Waals surface area contributed by atoms with Crippen LogP contribution in [0, 0.1) is 5.92 Å². The molecule has 0 spiro atoms. The Morgan fingerprint density at radius 2 is 1.88 bits per heavy atom. The summed E-state index contributed by atoms with van der Waals surface area (Å²) in [6.45, 7) is 1.88. The molecule has 0 bridgehead atoms. The Kier molecular flexibility index (Phi) is 3.43. The zero-order valence-corrected chi connectivity index (χ0v) is 10.0. The van der Waals surface area contributed by atoms with Gasteiger partial charge in [-0.1, -0.05) is 49.4 Å². The van der Waals surface area contributed by atoms with E-state index in [4.69, 9.17) is 5.73 Å². The van der Waals surface area contributed by atoms with Crippen molar-refractivity contribution in [3.05, 3.63) is 48.0 Å². The standard InChI is InChI=1S/C15H17NO/c1-11(15(16)17)6-7-12-8-9-13-4-2-3-5-14(13)10-12/h2-5,8-11H,6-7H2,1H3,(H2,16,17). The highest BCUT2D eigenvalue weighted by molar-refractivity contribution is 5.83. The van der Waals surface area contributed by atoms with Crippen molar-refractivity contribution in [2.45, 2.75) is 19.8 Å². The minimum absolute atomic E-state index is 0.0542. The van der Waals surface area contributed by atoms with Crippen LogP contribution < -0.4 is 5.73 Å². The van der Waals surface area contributed by atoms with Crippen molar-refractivity contribution in [1.82, 2.24) is 0 Å². The van der Waals surface area contributed by atoms with E-state index in [-0.39, 0.29) is 11.8 Å². The lowest BCUT2D eigenvalue weighted by Gasteiger charge is -2.07. The minimum Gasteiger partial charge on any atom is -0.369 e. The van der Waals surface area contributed by atoms with Gasteiger partial charge in [0.2, 0.25) is 5.91 Å². The fraction of sp³-hybridized carbons (Fsp3) is 0.267. The van der Waals surface area contributed by atoms with Gasteiger partial charge in [-0.25, -0.2) is 0 Å². The van der Waals surface area contributed by atoms with Gasteiger partial charge < -0.3 is 5.73 Å². The number of amides is 1. The van der Waals surface area contributed by atoms with Gasteiger partial charge in [0.15, 0.2) is 0 Å². The van der Waals surface area contributed by atoms with Gasteiger partial charge in [0.1, 0.15) is 0 Å². The van der Waals surface area contributed by atoms with Crippen LogP contribution >= 0.6 is 0 Å². The van der Waals surface area contributed by atoms with Gasteiger partial charge in [-0.05, 0) is 29.2 Å². The van der Waals surface area contributed by atoms with E-state index in [0.717, 1.165) is 12.8 Å². The number of aryl methyl sites for hydroxylation is 1. The third-order valence-corrected chi connectivity index (χ3v) is 3.17. The molecule has 0 radical (unpaired) electrons. The second kappa shape index (κ2) is 5.00. The van der Waals surface area contributed by atoms with E-state index < -0.39 is 0 Å². The molecule has 1 amide bonds. The number of benzene rings is 2. The smallest absolute Gasteiger partial charge is 0.220 e. The predicted molar refractivity (Wildman–Crippen MR) is 70.6 cm³/mol. The van der Waals surface area contributed by atoms with Crippen molar-refractivity contribution in [1.29, 1.82) is 0 Å². The van der Waals surface area contributed by atoms with Crippen LogP contribution in [0.2, 0.25) is 0 Å². The SMILES string of the molecule is CC(CCc1ccc2ccccc2c1)C(N)=O. The number of carbonyl (C=O) groups excluding carboxylic acids is 1. The Balaban J connectivity index is 2.12. The van der Waals surface area contributed by atoms with Crippen LogP contribution in [-0.4, -0.2) is 5.91 Å².